The van der Waals surface area contributed by atoms with Crippen LogP contribution in [0.5, 0.6) is 11.5 Å². The number of rotatable bonds is 7. The zero-order valence-corrected chi connectivity index (χ0v) is 11.5. The predicted molar refractivity (Wildman–Crippen MR) is 73.8 cm³/mol. The van der Waals surface area contributed by atoms with Gasteiger partial charge in [-0.25, -0.2) is 0 Å². The van der Waals surface area contributed by atoms with Crippen LogP contribution in [0.2, 0.25) is 0 Å². The van der Waals surface area contributed by atoms with E-state index >= 15 is 0 Å². The van der Waals surface area contributed by atoms with Crippen LogP contribution in [0.1, 0.15) is 30.9 Å². The highest BCUT2D eigenvalue weighted by Gasteiger charge is 2.41. The molecule has 1 aromatic carbocycles. The van der Waals surface area contributed by atoms with Crippen molar-refractivity contribution in [3.63, 3.8) is 0 Å². The average molecular weight is 279 g/mol. The Morgan fingerprint density at radius 3 is 2.80 bits per heavy atom. The van der Waals surface area contributed by atoms with E-state index in [2.05, 4.69) is 5.32 Å². The van der Waals surface area contributed by atoms with Gasteiger partial charge in [-0.2, -0.15) is 0 Å². The fourth-order valence-electron chi connectivity index (χ4n) is 2.64. The summed E-state index contributed by atoms with van der Waals surface area (Å²) in [6, 6.07) is 5.52. The first-order valence-electron chi connectivity index (χ1n) is 7.12. The minimum absolute atomic E-state index is 0.242. The molecule has 0 aromatic heterocycles. The second-order valence-corrected chi connectivity index (χ2v) is 5.73. The number of benzene rings is 1. The molecule has 3 rings (SSSR count). The molecule has 1 unspecified atom stereocenters. The summed E-state index contributed by atoms with van der Waals surface area (Å²) in [6.45, 7) is 1.85. The van der Waals surface area contributed by atoms with Gasteiger partial charge in [-0.3, -0.25) is 0 Å². The Bertz CT molecular complexity index is 473. The molecule has 0 saturated heterocycles. The van der Waals surface area contributed by atoms with Gasteiger partial charge in [0.1, 0.15) is 0 Å². The minimum atomic E-state index is -0.561. The quantitative estimate of drug-likeness (QED) is 0.699. The molecule has 0 amide bonds. The third kappa shape index (κ3) is 2.90. The van der Waals surface area contributed by atoms with Crippen molar-refractivity contribution < 1.29 is 19.7 Å². The van der Waals surface area contributed by atoms with E-state index in [0.29, 0.717) is 12.3 Å². The van der Waals surface area contributed by atoms with Crippen LogP contribution in [-0.2, 0) is 0 Å². The number of hydrogen-bond donors (Lipinski definition) is 3. The Morgan fingerprint density at radius 1 is 1.25 bits per heavy atom. The van der Waals surface area contributed by atoms with Crippen LogP contribution >= 0.6 is 0 Å². The summed E-state index contributed by atoms with van der Waals surface area (Å²) in [5.41, 5.74) is 1.09. The molecule has 1 aromatic rings. The van der Waals surface area contributed by atoms with E-state index in [-0.39, 0.29) is 18.8 Å². The van der Waals surface area contributed by atoms with E-state index in [4.69, 9.17) is 14.6 Å². The summed E-state index contributed by atoms with van der Waals surface area (Å²) in [5.74, 6) is 1.43. The number of aliphatic hydroxyl groups excluding tert-OH is 2. The van der Waals surface area contributed by atoms with Gasteiger partial charge in [-0.05, 0) is 42.4 Å². The molecule has 0 bridgehead atoms. The van der Waals surface area contributed by atoms with Gasteiger partial charge in [-0.1, -0.05) is 6.07 Å². The highest BCUT2D eigenvalue weighted by molar-refractivity contribution is 5.45. The van der Waals surface area contributed by atoms with Crippen LogP contribution < -0.4 is 14.8 Å². The van der Waals surface area contributed by atoms with Crippen molar-refractivity contribution in [3.8, 4) is 11.5 Å². The maximum atomic E-state index is 10.2. The minimum Gasteiger partial charge on any atom is -0.454 e. The topological polar surface area (TPSA) is 71.0 Å². The van der Waals surface area contributed by atoms with Crippen molar-refractivity contribution >= 4 is 0 Å². The summed E-state index contributed by atoms with van der Waals surface area (Å²) in [7, 11) is 0. The first-order chi connectivity index (χ1) is 9.72. The van der Waals surface area contributed by atoms with Crippen molar-refractivity contribution in [3.05, 3.63) is 23.8 Å². The monoisotopic (exact) mass is 279 g/mol. The number of fused-ring (bicyclic) bond motifs is 1. The molecule has 5 nitrogen and oxygen atoms in total. The van der Waals surface area contributed by atoms with E-state index < -0.39 is 6.10 Å². The Balaban J connectivity index is 1.50. The van der Waals surface area contributed by atoms with Crippen LogP contribution in [0.4, 0.5) is 0 Å². The highest BCUT2D eigenvalue weighted by atomic mass is 16.7. The maximum absolute atomic E-state index is 10.2. The van der Waals surface area contributed by atoms with Gasteiger partial charge in [0.2, 0.25) is 6.79 Å². The molecular weight excluding hydrogens is 258 g/mol. The zero-order chi connectivity index (χ0) is 14.0. The second-order valence-electron chi connectivity index (χ2n) is 5.73. The third-order valence-electron chi connectivity index (χ3n) is 4.22. The van der Waals surface area contributed by atoms with Gasteiger partial charge in [-0.15, -0.1) is 0 Å². The summed E-state index contributed by atoms with van der Waals surface area (Å²) in [4.78, 5) is 0. The highest BCUT2D eigenvalue weighted by Crippen LogP contribution is 2.47. The summed E-state index contributed by atoms with van der Waals surface area (Å²) in [5, 5.41) is 22.5. The Morgan fingerprint density at radius 2 is 2.05 bits per heavy atom. The van der Waals surface area contributed by atoms with Crippen LogP contribution in [0.25, 0.3) is 0 Å². The van der Waals surface area contributed by atoms with Crippen LogP contribution in [0, 0.1) is 5.41 Å². The molecule has 1 atom stereocenters. The zero-order valence-electron chi connectivity index (χ0n) is 11.5. The van der Waals surface area contributed by atoms with E-state index in [1.54, 1.807) is 0 Å². The van der Waals surface area contributed by atoms with E-state index in [0.717, 1.165) is 24.3 Å². The molecule has 0 spiro atoms. The molecule has 20 heavy (non-hydrogen) atoms. The number of ether oxygens (including phenoxy) is 2. The molecule has 110 valence electrons. The summed E-state index contributed by atoms with van der Waals surface area (Å²) in [6.07, 6.45) is 2.62. The Labute approximate surface area is 118 Å². The van der Waals surface area contributed by atoms with Crippen molar-refractivity contribution in [1.82, 2.24) is 5.32 Å². The first-order valence-corrected chi connectivity index (χ1v) is 7.12. The van der Waals surface area contributed by atoms with Gasteiger partial charge in [0.15, 0.2) is 11.5 Å². The summed E-state index contributed by atoms with van der Waals surface area (Å²) < 4.78 is 10.6. The molecule has 1 fully saturated rings. The lowest BCUT2D eigenvalue weighted by Crippen LogP contribution is -2.28. The van der Waals surface area contributed by atoms with Gasteiger partial charge in [0.05, 0.1) is 6.10 Å². The predicted octanol–water partition coefficient (Wildman–Crippen LogP) is 1.20. The molecule has 1 aliphatic heterocycles. The molecule has 0 radical (unpaired) electrons. The largest absolute Gasteiger partial charge is 0.454 e. The number of nitrogens with one attached hydrogen (secondary N) is 1. The lowest BCUT2D eigenvalue weighted by Gasteiger charge is -2.17. The Hall–Kier alpha value is -1.30. The lowest BCUT2D eigenvalue weighted by atomic mass is 10.0. The van der Waals surface area contributed by atoms with Crippen LogP contribution in [0.15, 0.2) is 18.2 Å². The molecule has 1 heterocycles. The van der Waals surface area contributed by atoms with Crippen LogP contribution in [0.3, 0.4) is 0 Å². The first kappa shape index (κ1) is 13.7. The van der Waals surface area contributed by atoms with Crippen molar-refractivity contribution in [2.45, 2.75) is 25.4 Å². The van der Waals surface area contributed by atoms with E-state index in [9.17, 15) is 5.11 Å². The van der Waals surface area contributed by atoms with Crippen molar-refractivity contribution in [2.75, 3.05) is 26.5 Å². The average Bonchev–Trinajstić information content (AvgIpc) is 3.04. The fourth-order valence-corrected chi connectivity index (χ4v) is 2.64. The molecule has 2 aliphatic rings. The summed E-state index contributed by atoms with van der Waals surface area (Å²) >= 11 is 0. The maximum Gasteiger partial charge on any atom is 0.231 e. The standard InChI is InChI=1S/C15H21NO4/c17-6-5-15(3-4-15)9-16-8-12(18)11-1-2-13-14(7-11)20-10-19-13/h1-2,7,12,16-18H,3-6,8-10H2. The van der Waals surface area contributed by atoms with Gasteiger partial charge >= 0.3 is 0 Å². The van der Waals surface area contributed by atoms with Gasteiger partial charge in [0, 0.05) is 19.7 Å². The molecule has 1 saturated carbocycles. The normalized spacial score (nSPS) is 19.9. The molecule has 3 N–H and O–H groups in total. The third-order valence-corrected chi connectivity index (χ3v) is 4.22. The van der Waals surface area contributed by atoms with Gasteiger partial charge < -0.3 is 25.0 Å². The smallest absolute Gasteiger partial charge is 0.231 e. The fraction of sp³-hybridized carbons (Fsp3) is 0.600. The molecule has 1 aliphatic carbocycles. The van der Waals surface area contributed by atoms with Crippen molar-refractivity contribution in [2.24, 2.45) is 5.41 Å². The number of hydrogen-bond acceptors (Lipinski definition) is 5. The molecule has 5 heteroatoms. The van der Waals surface area contributed by atoms with E-state index in [1.165, 1.54) is 12.8 Å². The number of aliphatic hydroxyl groups is 2. The Kier molecular flexibility index (Phi) is 3.83. The van der Waals surface area contributed by atoms with Crippen LogP contribution in [-0.4, -0.2) is 36.7 Å². The van der Waals surface area contributed by atoms with E-state index in [1.807, 2.05) is 18.2 Å². The second kappa shape index (κ2) is 5.60. The SMILES string of the molecule is OCCC1(CNCC(O)c2ccc3c(c2)OCO3)CC1. The van der Waals surface area contributed by atoms with Gasteiger partial charge in [0.25, 0.3) is 0 Å². The molecular formula is C15H21NO4. The lowest BCUT2D eigenvalue weighted by molar-refractivity contribution is 0.167. The van der Waals surface area contributed by atoms with Crippen molar-refractivity contribution in [1.29, 1.82) is 0 Å².